The summed E-state index contributed by atoms with van der Waals surface area (Å²) >= 11 is 1.37. The van der Waals surface area contributed by atoms with Gasteiger partial charge in [0.2, 0.25) is 0 Å². The van der Waals surface area contributed by atoms with E-state index in [1.54, 1.807) is 6.07 Å². The van der Waals surface area contributed by atoms with Crippen molar-refractivity contribution in [1.29, 1.82) is 0 Å². The number of oxazole rings is 1. The molecule has 8 nitrogen and oxygen atoms in total. The average molecular weight is 411 g/mol. The number of anilines is 1. The molecule has 0 fully saturated rings. The van der Waals surface area contributed by atoms with Gasteiger partial charge in [0.1, 0.15) is 5.82 Å². The summed E-state index contributed by atoms with van der Waals surface area (Å²) in [5.74, 6) is -0.444. The molecular formula is C19H14FN5O3S. The van der Waals surface area contributed by atoms with Crippen LogP contribution in [0.3, 0.4) is 0 Å². The first-order valence-electron chi connectivity index (χ1n) is 8.50. The smallest absolute Gasteiger partial charge is 0.279 e. The number of carbonyl (C=O) groups is 2. The Morgan fingerprint density at radius 1 is 1.21 bits per heavy atom. The van der Waals surface area contributed by atoms with E-state index in [-0.39, 0.29) is 23.1 Å². The van der Waals surface area contributed by atoms with Gasteiger partial charge in [-0.3, -0.25) is 9.59 Å². The highest BCUT2D eigenvalue weighted by molar-refractivity contribution is 7.14. The van der Waals surface area contributed by atoms with E-state index in [1.807, 2.05) is 6.07 Å². The van der Waals surface area contributed by atoms with E-state index in [4.69, 9.17) is 4.42 Å². The summed E-state index contributed by atoms with van der Waals surface area (Å²) in [6, 6.07) is 9.14. The molecule has 4 aromatic rings. The molecule has 1 N–H and O–H groups in total. The zero-order valence-corrected chi connectivity index (χ0v) is 15.9. The molecule has 146 valence electrons. The summed E-state index contributed by atoms with van der Waals surface area (Å²) in [7, 11) is 0. The number of thiophene rings is 1. The van der Waals surface area contributed by atoms with E-state index < -0.39 is 11.7 Å². The Balaban J connectivity index is 1.46. The minimum Gasteiger partial charge on any atom is -0.443 e. The molecule has 3 heterocycles. The molecule has 1 amide bonds. The number of nitrogens with one attached hydrogen (secondary N) is 1. The van der Waals surface area contributed by atoms with Crippen LogP contribution in [0.15, 0.2) is 53.4 Å². The first kappa shape index (κ1) is 18.7. The molecular weight excluding hydrogens is 397 g/mol. The molecule has 0 radical (unpaired) electrons. The van der Waals surface area contributed by atoms with Crippen LogP contribution < -0.4 is 5.32 Å². The number of rotatable bonds is 6. The van der Waals surface area contributed by atoms with Gasteiger partial charge in [-0.2, -0.15) is 9.90 Å². The fourth-order valence-electron chi connectivity index (χ4n) is 2.61. The monoisotopic (exact) mass is 411 g/mol. The van der Waals surface area contributed by atoms with Crippen LogP contribution in [-0.2, 0) is 6.54 Å². The van der Waals surface area contributed by atoms with Crippen molar-refractivity contribution in [2.75, 3.05) is 5.32 Å². The third kappa shape index (κ3) is 4.11. The number of hydrogen-bond donors (Lipinski definition) is 1. The normalized spacial score (nSPS) is 10.8. The van der Waals surface area contributed by atoms with Gasteiger partial charge in [-0.15, -0.1) is 16.4 Å². The van der Waals surface area contributed by atoms with Crippen LogP contribution in [0.1, 0.15) is 32.0 Å². The Kier molecular flexibility index (Phi) is 5.00. The fraction of sp³-hybridized carbons (Fsp3) is 0.105. The molecule has 29 heavy (non-hydrogen) atoms. The van der Waals surface area contributed by atoms with Gasteiger partial charge in [-0.05, 0) is 43.3 Å². The number of nitrogens with zero attached hydrogens (tertiary/aromatic N) is 4. The molecule has 10 heteroatoms. The van der Waals surface area contributed by atoms with Gasteiger partial charge in [0.25, 0.3) is 5.91 Å². The molecule has 0 saturated carbocycles. The molecule has 0 saturated heterocycles. The van der Waals surface area contributed by atoms with Crippen molar-refractivity contribution in [3.8, 4) is 11.3 Å². The largest absolute Gasteiger partial charge is 0.443 e. The van der Waals surface area contributed by atoms with Gasteiger partial charge in [0.05, 0.1) is 17.6 Å². The van der Waals surface area contributed by atoms with Crippen LogP contribution in [0.25, 0.3) is 11.3 Å². The summed E-state index contributed by atoms with van der Waals surface area (Å²) in [4.78, 5) is 30.9. The number of hydrogen-bond acceptors (Lipinski definition) is 7. The number of Topliss-reactive ketones (excluding diaryl/α,β-unsaturated/α-hetero) is 1. The van der Waals surface area contributed by atoms with E-state index in [1.165, 1.54) is 53.5 Å². The van der Waals surface area contributed by atoms with E-state index in [0.29, 0.717) is 17.0 Å². The Bertz CT molecular complexity index is 1180. The van der Waals surface area contributed by atoms with Gasteiger partial charge >= 0.3 is 0 Å². The zero-order valence-electron chi connectivity index (χ0n) is 15.1. The van der Waals surface area contributed by atoms with E-state index in [9.17, 15) is 14.0 Å². The summed E-state index contributed by atoms with van der Waals surface area (Å²) in [6.45, 7) is 1.89. The fourth-order valence-corrected chi connectivity index (χ4v) is 3.49. The molecule has 0 aliphatic heterocycles. The molecule has 4 rings (SSSR count). The van der Waals surface area contributed by atoms with Crippen LogP contribution in [0, 0.1) is 5.82 Å². The van der Waals surface area contributed by atoms with E-state index in [0.717, 1.165) is 11.3 Å². The Morgan fingerprint density at radius 3 is 2.72 bits per heavy atom. The van der Waals surface area contributed by atoms with E-state index >= 15 is 0 Å². The second kappa shape index (κ2) is 7.76. The van der Waals surface area contributed by atoms with Crippen molar-refractivity contribution in [3.05, 3.63) is 70.3 Å². The van der Waals surface area contributed by atoms with Crippen molar-refractivity contribution in [2.24, 2.45) is 0 Å². The molecule has 0 aliphatic rings. The zero-order chi connectivity index (χ0) is 20.4. The van der Waals surface area contributed by atoms with Crippen LogP contribution in [-0.4, -0.2) is 31.7 Å². The third-order valence-corrected chi connectivity index (χ3v) is 5.14. The van der Waals surface area contributed by atoms with Crippen LogP contribution in [0.2, 0.25) is 0 Å². The van der Waals surface area contributed by atoms with Crippen molar-refractivity contribution < 1.29 is 18.4 Å². The second-order valence-electron chi connectivity index (χ2n) is 6.07. The molecule has 0 spiro atoms. The van der Waals surface area contributed by atoms with Gasteiger partial charge in [-0.25, -0.2) is 9.37 Å². The lowest BCUT2D eigenvalue weighted by atomic mass is 10.1. The van der Waals surface area contributed by atoms with E-state index in [2.05, 4.69) is 20.5 Å². The third-order valence-electron chi connectivity index (χ3n) is 3.97. The Morgan fingerprint density at radius 2 is 2.00 bits per heavy atom. The molecule has 0 unspecified atom stereocenters. The van der Waals surface area contributed by atoms with Gasteiger partial charge in [0, 0.05) is 10.4 Å². The van der Waals surface area contributed by atoms with Crippen LogP contribution in [0.4, 0.5) is 10.2 Å². The number of ketones is 1. The lowest BCUT2D eigenvalue weighted by Crippen LogP contribution is -2.14. The topological polar surface area (TPSA) is 103 Å². The Hall–Kier alpha value is -3.66. The average Bonchev–Trinajstić information content (AvgIpc) is 3.43. The van der Waals surface area contributed by atoms with Crippen molar-refractivity contribution >= 4 is 28.8 Å². The van der Waals surface area contributed by atoms with Gasteiger partial charge in [0.15, 0.2) is 29.4 Å². The first-order chi connectivity index (χ1) is 14.0. The first-order valence-corrected chi connectivity index (χ1v) is 9.32. The molecule has 0 atom stereocenters. The predicted octanol–water partition coefficient (Wildman–Crippen LogP) is 3.64. The maximum Gasteiger partial charge on any atom is 0.279 e. The number of carbonyl (C=O) groups excluding carboxylic acids is 2. The van der Waals surface area contributed by atoms with Crippen molar-refractivity contribution in [1.82, 2.24) is 20.0 Å². The van der Waals surface area contributed by atoms with Crippen molar-refractivity contribution in [2.45, 2.75) is 13.5 Å². The minimum atomic E-state index is -0.528. The highest BCUT2D eigenvalue weighted by atomic mass is 32.1. The quantitative estimate of drug-likeness (QED) is 0.486. The summed E-state index contributed by atoms with van der Waals surface area (Å²) < 4.78 is 18.4. The number of benzene rings is 1. The molecule has 3 aromatic heterocycles. The lowest BCUT2D eigenvalue weighted by molar-refractivity contribution is 0.101. The van der Waals surface area contributed by atoms with Crippen LogP contribution >= 0.6 is 11.3 Å². The second-order valence-corrected chi connectivity index (χ2v) is 7.24. The Labute approximate surface area is 168 Å². The maximum atomic E-state index is 13.1. The maximum absolute atomic E-state index is 13.1. The number of halogens is 1. The predicted molar refractivity (Wildman–Crippen MR) is 103 cm³/mol. The van der Waals surface area contributed by atoms with Crippen LogP contribution in [0.5, 0.6) is 0 Å². The van der Waals surface area contributed by atoms with Gasteiger partial charge in [-0.1, -0.05) is 0 Å². The lowest BCUT2D eigenvalue weighted by Gasteiger charge is -2.02. The standard InChI is InChI=1S/C19H14FN5O3S/c1-11(26)15-7-6-14(29-15)9-25-22-8-16(24-25)23-19(27)17-18(28-10-21-17)12-2-4-13(20)5-3-12/h2-8,10H,9H2,1H3,(H,23,24,27). The van der Waals surface area contributed by atoms with Gasteiger partial charge < -0.3 is 9.73 Å². The SMILES string of the molecule is CC(=O)c1ccc(Cn2ncc(NC(=O)c3ncoc3-c3ccc(F)cc3)n2)s1. The summed E-state index contributed by atoms with van der Waals surface area (Å²) in [5, 5.41) is 10.9. The highest BCUT2D eigenvalue weighted by Crippen LogP contribution is 2.24. The molecule has 0 aliphatic carbocycles. The van der Waals surface area contributed by atoms with Crippen molar-refractivity contribution in [3.63, 3.8) is 0 Å². The summed E-state index contributed by atoms with van der Waals surface area (Å²) in [6.07, 6.45) is 2.56. The molecule has 1 aromatic carbocycles. The summed E-state index contributed by atoms with van der Waals surface area (Å²) in [5.41, 5.74) is 0.576. The number of amides is 1. The number of aromatic nitrogens is 4. The highest BCUT2D eigenvalue weighted by Gasteiger charge is 2.19. The minimum absolute atomic E-state index is 0.00666. The molecule has 0 bridgehead atoms.